The lowest BCUT2D eigenvalue weighted by Gasteiger charge is -2.28. The summed E-state index contributed by atoms with van der Waals surface area (Å²) < 4.78 is 6.17. The molecule has 0 unspecified atom stereocenters. The van der Waals surface area contributed by atoms with Crippen molar-refractivity contribution < 1.29 is 4.42 Å². The quantitative estimate of drug-likeness (QED) is 0.153. The molecule has 10 aromatic rings. The van der Waals surface area contributed by atoms with Crippen LogP contribution in [0.25, 0.3) is 55.3 Å². The Morgan fingerprint density at radius 3 is 1.38 bits per heavy atom. The number of rotatable bonds is 8. The molecule has 9 aromatic carbocycles. The zero-order chi connectivity index (χ0) is 40.2. The average molecular weight is 771 g/mol. The van der Waals surface area contributed by atoms with Gasteiger partial charge in [-0.2, -0.15) is 0 Å². The van der Waals surface area contributed by atoms with Gasteiger partial charge in [0.1, 0.15) is 11.2 Å². The van der Waals surface area contributed by atoms with Gasteiger partial charge in [-0.05, 0) is 129 Å². The molecule has 0 spiro atoms. The molecule has 60 heavy (non-hydrogen) atoms. The maximum absolute atomic E-state index is 6.17. The van der Waals surface area contributed by atoms with E-state index in [1.165, 1.54) is 33.4 Å². The Balaban J connectivity index is 0.947. The van der Waals surface area contributed by atoms with E-state index >= 15 is 0 Å². The van der Waals surface area contributed by atoms with E-state index in [0.717, 1.165) is 67.2 Å². The number of furan rings is 1. The summed E-state index contributed by atoms with van der Waals surface area (Å²) in [5.41, 5.74) is 18.4. The van der Waals surface area contributed by atoms with E-state index < -0.39 is 0 Å². The van der Waals surface area contributed by atoms with Gasteiger partial charge in [0.05, 0.1) is 0 Å². The molecule has 0 saturated heterocycles. The Morgan fingerprint density at radius 1 is 0.317 bits per heavy atom. The van der Waals surface area contributed by atoms with Gasteiger partial charge in [0.15, 0.2) is 0 Å². The lowest BCUT2D eigenvalue weighted by atomic mass is 9.82. The van der Waals surface area contributed by atoms with Gasteiger partial charge in [-0.3, -0.25) is 0 Å². The van der Waals surface area contributed by atoms with Gasteiger partial charge < -0.3 is 14.2 Å². The molecule has 1 aliphatic rings. The Kier molecular flexibility index (Phi) is 8.49. The predicted octanol–water partition coefficient (Wildman–Crippen LogP) is 16.2. The van der Waals surface area contributed by atoms with Crippen LogP contribution in [0.5, 0.6) is 0 Å². The molecule has 286 valence electrons. The highest BCUT2D eigenvalue weighted by Crippen LogP contribution is 2.51. The first-order valence-electron chi connectivity index (χ1n) is 20.7. The van der Waals surface area contributed by atoms with E-state index in [2.05, 4.69) is 230 Å². The number of anilines is 6. The Morgan fingerprint density at radius 2 is 0.750 bits per heavy atom. The lowest BCUT2D eigenvalue weighted by molar-refractivity contribution is 0.660. The highest BCUT2D eigenvalue weighted by Gasteiger charge is 2.35. The molecule has 0 N–H and O–H groups in total. The summed E-state index contributed by atoms with van der Waals surface area (Å²) in [5, 5.41) is 2.23. The molecule has 1 heterocycles. The van der Waals surface area contributed by atoms with E-state index in [1.807, 2.05) is 12.1 Å². The molecule has 0 bridgehead atoms. The van der Waals surface area contributed by atoms with Crippen molar-refractivity contribution in [3.63, 3.8) is 0 Å². The third-order valence-electron chi connectivity index (χ3n) is 12.3. The molecule has 11 rings (SSSR count). The van der Waals surface area contributed by atoms with E-state index in [1.54, 1.807) is 0 Å². The topological polar surface area (TPSA) is 19.6 Å². The summed E-state index contributed by atoms with van der Waals surface area (Å²) in [4.78, 5) is 4.70. The average Bonchev–Trinajstić information content (AvgIpc) is 3.79. The minimum Gasteiger partial charge on any atom is -0.456 e. The number of nitrogens with zero attached hydrogens (tertiary/aromatic N) is 2. The van der Waals surface area contributed by atoms with Crippen LogP contribution in [-0.4, -0.2) is 0 Å². The molecule has 3 nitrogen and oxygen atoms in total. The minimum atomic E-state index is -0.0999. The Bertz CT molecular complexity index is 3150. The molecule has 0 amide bonds. The van der Waals surface area contributed by atoms with Crippen LogP contribution >= 0.6 is 0 Å². The zero-order valence-electron chi connectivity index (χ0n) is 33.6. The van der Waals surface area contributed by atoms with Crippen LogP contribution in [0.15, 0.2) is 223 Å². The summed E-state index contributed by atoms with van der Waals surface area (Å²) in [6.07, 6.45) is 0. The highest BCUT2D eigenvalue weighted by atomic mass is 16.3. The second-order valence-electron chi connectivity index (χ2n) is 16.2. The first kappa shape index (κ1) is 35.5. The van der Waals surface area contributed by atoms with Crippen molar-refractivity contribution in [2.45, 2.75) is 19.3 Å². The van der Waals surface area contributed by atoms with Gasteiger partial charge >= 0.3 is 0 Å². The Hall–Kier alpha value is -7.62. The predicted molar refractivity (Wildman–Crippen MR) is 252 cm³/mol. The standard InChI is InChI=1S/C57H42N2O/c1-57(2)53-19-11-9-17-49(53)50-35-33-48(38-54(50)57)59(45-27-21-40(22-28-45)39-13-5-3-6-14-39)46-31-25-42(26-32-46)41-23-29-44(30-24-41)58(43-15-7-4-8-16-43)47-34-36-56-52(37-47)51-18-10-12-20-55(51)60-56/h3-38H,1-2H3. The van der Waals surface area contributed by atoms with Gasteiger partial charge in [0, 0.05) is 50.3 Å². The summed E-state index contributed by atoms with van der Waals surface area (Å²) in [6.45, 7) is 4.69. The van der Waals surface area contributed by atoms with Crippen LogP contribution in [-0.2, 0) is 5.41 Å². The molecule has 0 saturated carbocycles. The molecule has 0 fully saturated rings. The second kappa shape index (κ2) is 14.3. The molecule has 0 atom stereocenters. The van der Waals surface area contributed by atoms with Gasteiger partial charge in [-0.25, -0.2) is 0 Å². The number of hydrogen-bond acceptors (Lipinski definition) is 3. The van der Waals surface area contributed by atoms with Gasteiger partial charge in [-0.1, -0.05) is 147 Å². The van der Waals surface area contributed by atoms with Crippen molar-refractivity contribution in [3.05, 3.63) is 230 Å². The van der Waals surface area contributed by atoms with Crippen molar-refractivity contribution in [3.8, 4) is 33.4 Å². The minimum absolute atomic E-state index is 0.0999. The van der Waals surface area contributed by atoms with E-state index in [9.17, 15) is 0 Å². The summed E-state index contributed by atoms with van der Waals surface area (Å²) >= 11 is 0. The van der Waals surface area contributed by atoms with Crippen LogP contribution in [0.2, 0.25) is 0 Å². The van der Waals surface area contributed by atoms with Crippen molar-refractivity contribution in [1.29, 1.82) is 0 Å². The molecule has 1 aromatic heterocycles. The third-order valence-corrected chi connectivity index (χ3v) is 12.3. The normalized spacial score (nSPS) is 12.6. The molecular formula is C57H42N2O. The molecule has 0 radical (unpaired) electrons. The van der Waals surface area contributed by atoms with Crippen LogP contribution in [0.3, 0.4) is 0 Å². The SMILES string of the molecule is CC1(C)c2ccccc2-c2ccc(N(c3ccc(-c4ccccc4)cc3)c3ccc(-c4ccc(N(c5ccccc5)c5ccc6oc7ccccc7c6c5)cc4)cc3)cc21. The highest BCUT2D eigenvalue weighted by molar-refractivity contribution is 6.06. The number of hydrogen-bond donors (Lipinski definition) is 0. The second-order valence-corrected chi connectivity index (χ2v) is 16.2. The van der Waals surface area contributed by atoms with E-state index in [4.69, 9.17) is 4.42 Å². The fraction of sp³-hybridized carbons (Fsp3) is 0.0526. The van der Waals surface area contributed by atoms with Crippen LogP contribution in [0.4, 0.5) is 34.1 Å². The maximum Gasteiger partial charge on any atom is 0.135 e. The van der Waals surface area contributed by atoms with Crippen molar-refractivity contribution in [2.75, 3.05) is 9.80 Å². The van der Waals surface area contributed by atoms with Crippen molar-refractivity contribution in [2.24, 2.45) is 0 Å². The van der Waals surface area contributed by atoms with Crippen molar-refractivity contribution in [1.82, 2.24) is 0 Å². The smallest absolute Gasteiger partial charge is 0.135 e. The Labute approximate surface area is 351 Å². The fourth-order valence-electron chi connectivity index (χ4n) is 9.20. The monoisotopic (exact) mass is 770 g/mol. The summed E-state index contributed by atoms with van der Waals surface area (Å²) in [6, 6.07) is 78.5. The molecule has 3 heteroatoms. The van der Waals surface area contributed by atoms with Crippen LogP contribution in [0, 0.1) is 0 Å². The molecule has 1 aliphatic carbocycles. The first-order valence-corrected chi connectivity index (χ1v) is 20.7. The number of fused-ring (bicyclic) bond motifs is 6. The van der Waals surface area contributed by atoms with E-state index in [0.29, 0.717) is 0 Å². The lowest BCUT2D eigenvalue weighted by Crippen LogP contribution is -2.16. The zero-order valence-corrected chi connectivity index (χ0v) is 33.6. The van der Waals surface area contributed by atoms with E-state index in [-0.39, 0.29) is 5.41 Å². The largest absolute Gasteiger partial charge is 0.456 e. The first-order chi connectivity index (χ1) is 29.5. The number of para-hydroxylation sites is 2. The van der Waals surface area contributed by atoms with Crippen LogP contribution in [0.1, 0.15) is 25.0 Å². The third kappa shape index (κ3) is 6.06. The van der Waals surface area contributed by atoms with Gasteiger partial charge in [-0.15, -0.1) is 0 Å². The fourth-order valence-corrected chi connectivity index (χ4v) is 9.20. The molecule has 0 aliphatic heterocycles. The summed E-state index contributed by atoms with van der Waals surface area (Å²) in [5.74, 6) is 0. The number of benzene rings is 9. The summed E-state index contributed by atoms with van der Waals surface area (Å²) in [7, 11) is 0. The van der Waals surface area contributed by atoms with Crippen molar-refractivity contribution >= 4 is 56.1 Å². The maximum atomic E-state index is 6.17. The van der Waals surface area contributed by atoms with Gasteiger partial charge in [0.25, 0.3) is 0 Å². The van der Waals surface area contributed by atoms with Gasteiger partial charge in [0.2, 0.25) is 0 Å². The molecular weight excluding hydrogens is 729 g/mol. The van der Waals surface area contributed by atoms with Crippen LogP contribution < -0.4 is 9.80 Å².